The SMILES string of the molecule is CC(OC(=O)Nc1nnnn1-c1ccc(-c2ccc(CC(=O)O)cc2)cc1)c1ccccc1Cl. The minimum atomic E-state index is -0.870. The van der Waals surface area contributed by atoms with E-state index in [0.717, 1.165) is 16.7 Å². The molecule has 0 aliphatic carbocycles. The number of nitrogens with zero attached hydrogens (tertiary/aromatic N) is 4. The molecule has 1 heterocycles. The number of hydrogen-bond donors (Lipinski definition) is 2. The Morgan fingerprint density at radius 1 is 1.03 bits per heavy atom. The van der Waals surface area contributed by atoms with Crippen LogP contribution in [0.3, 0.4) is 0 Å². The van der Waals surface area contributed by atoms with Gasteiger partial charge in [0.15, 0.2) is 0 Å². The summed E-state index contributed by atoms with van der Waals surface area (Å²) in [6.45, 7) is 1.72. The Balaban J connectivity index is 1.44. The van der Waals surface area contributed by atoms with Gasteiger partial charge in [0.1, 0.15) is 6.10 Å². The van der Waals surface area contributed by atoms with Crippen molar-refractivity contribution in [2.24, 2.45) is 0 Å². The summed E-state index contributed by atoms with van der Waals surface area (Å²) in [4.78, 5) is 23.2. The number of halogens is 1. The normalized spacial score (nSPS) is 11.6. The number of carbonyl (C=O) groups excluding carboxylic acids is 1. The predicted octanol–water partition coefficient (Wildman–Crippen LogP) is 4.92. The Labute approximate surface area is 199 Å². The van der Waals surface area contributed by atoms with Crippen molar-refractivity contribution in [2.75, 3.05) is 5.32 Å². The molecule has 1 atom stereocenters. The second-order valence-electron chi connectivity index (χ2n) is 7.42. The van der Waals surface area contributed by atoms with E-state index in [-0.39, 0.29) is 12.4 Å². The Morgan fingerprint density at radius 2 is 1.68 bits per heavy atom. The molecule has 4 rings (SSSR count). The molecule has 0 aliphatic rings. The van der Waals surface area contributed by atoms with Crippen LogP contribution in [0.15, 0.2) is 72.8 Å². The van der Waals surface area contributed by atoms with Crippen LogP contribution in [0.2, 0.25) is 5.02 Å². The smallest absolute Gasteiger partial charge is 0.414 e. The molecule has 1 aromatic heterocycles. The zero-order valence-corrected chi connectivity index (χ0v) is 18.8. The van der Waals surface area contributed by atoms with Crippen molar-refractivity contribution in [3.63, 3.8) is 0 Å². The topological polar surface area (TPSA) is 119 Å². The first-order valence-corrected chi connectivity index (χ1v) is 10.7. The number of ether oxygens (including phenoxy) is 1. The number of rotatable bonds is 7. The molecule has 34 heavy (non-hydrogen) atoms. The number of hydrogen-bond acceptors (Lipinski definition) is 6. The highest BCUT2D eigenvalue weighted by atomic mass is 35.5. The third-order valence-corrected chi connectivity index (χ3v) is 5.41. The molecule has 0 bridgehead atoms. The summed E-state index contributed by atoms with van der Waals surface area (Å²) in [5.74, 6) is -0.771. The molecule has 0 fully saturated rings. The van der Waals surface area contributed by atoms with E-state index in [2.05, 4.69) is 20.8 Å². The van der Waals surface area contributed by atoms with Crippen LogP contribution in [-0.2, 0) is 16.0 Å². The molecule has 0 saturated carbocycles. The van der Waals surface area contributed by atoms with Crippen molar-refractivity contribution in [3.05, 3.63) is 88.9 Å². The van der Waals surface area contributed by atoms with Gasteiger partial charge >= 0.3 is 12.1 Å². The van der Waals surface area contributed by atoms with Crippen LogP contribution in [0.4, 0.5) is 10.7 Å². The van der Waals surface area contributed by atoms with Crippen LogP contribution in [0.25, 0.3) is 16.8 Å². The number of carboxylic acids is 1. The summed E-state index contributed by atoms with van der Waals surface area (Å²) in [5, 5.41) is 23.4. The Bertz CT molecular complexity index is 1310. The predicted molar refractivity (Wildman–Crippen MR) is 126 cm³/mol. The largest absolute Gasteiger partial charge is 0.481 e. The van der Waals surface area contributed by atoms with Gasteiger partial charge in [-0.25, -0.2) is 4.79 Å². The van der Waals surface area contributed by atoms with Crippen molar-refractivity contribution < 1.29 is 19.4 Å². The standard InChI is InChI=1S/C24H20ClN5O4/c1-15(20-4-2-3-5-21(20)25)34-24(33)26-23-27-28-29-30(23)19-12-10-18(11-13-19)17-8-6-16(7-9-17)14-22(31)32/h2-13,15H,14H2,1H3,(H,31,32)(H,26,27,29,33). The molecule has 3 aromatic carbocycles. The van der Waals surface area contributed by atoms with Gasteiger partial charge in [-0.15, -0.1) is 0 Å². The highest BCUT2D eigenvalue weighted by Gasteiger charge is 2.17. The molecule has 4 aromatic rings. The van der Waals surface area contributed by atoms with E-state index in [1.165, 1.54) is 4.68 Å². The van der Waals surface area contributed by atoms with Crippen molar-refractivity contribution in [1.29, 1.82) is 0 Å². The molecule has 0 spiro atoms. The van der Waals surface area contributed by atoms with E-state index >= 15 is 0 Å². The molecule has 9 nitrogen and oxygen atoms in total. The minimum Gasteiger partial charge on any atom is -0.481 e. The molecule has 1 unspecified atom stereocenters. The van der Waals surface area contributed by atoms with Crippen LogP contribution in [0.1, 0.15) is 24.2 Å². The average molecular weight is 478 g/mol. The highest BCUT2D eigenvalue weighted by molar-refractivity contribution is 6.31. The van der Waals surface area contributed by atoms with Crippen LogP contribution in [0.5, 0.6) is 0 Å². The van der Waals surface area contributed by atoms with Gasteiger partial charge in [0.25, 0.3) is 5.95 Å². The number of carboxylic acid groups (broad SMARTS) is 1. The highest BCUT2D eigenvalue weighted by Crippen LogP contribution is 2.26. The lowest BCUT2D eigenvalue weighted by Crippen LogP contribution is -2.19. The fourth-order valence-corrected chi connectivity index (χ4v) is 3.66. The summed E-state index contributed by atoms with van der Waals surface area (Å²) < 4.78 is 6.79. The van der Waals surface area contributed by atoms with Gasteiger partial charge in [0, 0.05) is 10.6 Å². The van der Waals surface area contributed by atoms with E-state index in [1.54, 1.807) is 49.4 Å². The number of nitrogens with one attached hydrogen (secondary N) is 1. The Hall–Kier alpha value is -4.24. The van der Waals surface area contributed by atoms with Crippen LogP contribution >= 0.6 is 11.6 Å². The third-order valence-electron chi connectivity index (χ3n) is 5.06. The summed E-state index contributed by atoms with van der Waals surface area (Å²) in [6, 6.07) is 21.8. The summed E-state index contributed by atoms with van der Waals surface area (Å²) in [5.41, 5.74) is 3.92. The Kier molecular flexibility index (Phi) is 6.84. The zero-order valence-electron chi connectivity index (χ0n) is 18.1. The average Bonchev–Trinajstić information content (AvgIpc) is 3.27. The first-order chi connectivity index (χ1) is 16.4. The maximum atomic E-state index is 12.4. The molecular formula is C24H20ClN5O4. The number of benzene rings is 3. The van der Waals surface area contributed by atoms with Gasteiger partial charge < -0.3 is 9.84 Å². The summed E-state index contributed by atoms with van der Waals surface area (Å²) in [7, 11) is 0. The molecule has 0 radical (unpaired) electrons. The van der Waals surface area contributed by atoms with Crippen molar-refractivity contribution in [2.45, 2.75) is 19.4 Å². The molecule has 0 saturated heterocycles. The van der Waals surface area contributed by atoms with Gasteiger partial charge in [-0.3, -0.25) is 10.1 Å². The van der Waals surface area contributed by atoms with E-state index in [9.17, 15) is 9.59 Å². The van der Waals surface area contributed by atoms with Gasteiger partial charge in [-0.1, -0.05) is 71.3 Å². The first-order valence-electron chi connectivity index (χ1n) is 10.3. The fraction of sp³-hybridized carbons (Fsp3) is 0.125. The van der Waals surface area contributed by atoms with Crippen LogP contribution in [0, 0.1) is 0 Å². The zero-order chi connectivity index (χ0) is 24.1. The van der Waals surface area contributed by atoms with E-state index in [1.807, 2.05) is 30.3 Å². The van der Waals surface area contributed by atoms with E-state index in [4.69, 9.17) is 21.4 Å². The number of tetrazole rings is 1. The molecule has 2 N–H and O–H groups in total. The third kappa shape index (κ3) is 5.38. The number of amides is 1. The van der Waals surface area contributed by atoms with Gasteiger partial charge in [0.2, 0.25) is 0 Å². The van der Waals surface area contributed by atoms with Gasteiger partial charge in [0.05, 0.1) is 12.1 Å². The number of aromatic nitrogens is 4. The molecular weight excluding hydrogens is 458 g/mol. The maximum Gasteiger partial charge on any atom is 0.414 e. The van der Waals surface area contributed by atoms with Crippen molar-refractivity contribution >= 4 is 29.6 Å². The van der Waals surface area contributed by atoms with Crippen LogP contribution < -0.4 is 5.32 Å². The first kappa shape index (κ1) is 22.9. The summed E-state index contributed by atoms with van der Waals surface area (Å²) in [6.07, 6.45) is -1.31. The molecule has 10 heteroatoms. The van der Waals surface area contributed by atoms with Crippen molar-refractivity contribution in [1.82, 2.24) is 20.2 Å². The van der Waals surface area contributed by atoms with Crippen LogP contribution in [-0.4, -0.2) is 37.4 Å². The number of carbonyl (C=O) groups is 2. The lowest BCUT2D eigenvalue weighted by molar-refractivity contribution is -0.136. The lowest BCUT2D eigenvalue weighted by atomic mass is 10.0. The van der Waals surface area contributed by atoms with E-state index in [0.29, 0.717) is 16.3 Å². The second kappa shape index (κ2) is 10.1. The maximum absolute atomic E-state index is 12.4. The van der Waals surface area contributed by atoms with E-state index < -0.39 is 18.2 Å². The monoisotopic (exact) mass is 477 g/mol. The molecule has 0 aliphatic heterocycles. The minimum absolute atomic E-state index is 0.0199. The quantitative estimate of drug-likeness (QED) is 0.387. The number of aliphatic carboxylic acids is 1. The summed E-state index contributed by atoms with van der Waals surface area (Å²) >= 11 is 6.16. The second-order valence-corrected chi connectivity index (χ2v) is 7.83. The lowest BCUT2D eigenvalue weighted by Gasteiger charge is -2.15. The Morgan fingerprint density at radius 3 is 2.32 bits per heavy atom. The van der Waals surface area contributed by atoms with Gasteiger partial charge in [-0.05, 0) is 52.2 Å². The fourth-order valence-electron chi connectivity index (χ4n) is 3.37. The molecule has 172 valence electrons. The van der Waals surface area contributed by atoms with Crippen molar-refractivity contribution in [3.8, 4) is 16.8 Å². The van der Waals surface area contributed by atoms with Gasteiger partial charge in [-0.2, -0.15) is 4.68 Å². The molecule has 1 amide bonds. The number of anilines is 1.